The molecule has 2 unspecified atom stereocenters. The maximum Gasteiger partial charge on any atom is 0.320 e. The monoisotopic (exact) mass is 294 g/mol. The van der Waals surface area contributed by atoms with Gasteiger partial charge in [-0.1, -0.05) is 19.8 Å². The summed E-state index contributed by atoms with van der Waals surface area (Å²) in [4.78, 5) is 12.0. The van der Waals surface area contributed by atoms with E-state index in [0.717, 1.165) is 25.7 Å². The van der Waals surface area contributed by atoms with Crippen LogP contribution >= 0.6 is 0 Å². The van der Waals surface area contributed by atoms with E-state index < -0.39 is 0 Å². The first-order valence-electron chi connectivity index (χ1n) is 7.69. The van der Waals surface area contributed by atoms with Crippen LogP contribution in [0.5, 0.6) is 0 Å². The van der Waals surface area contributed by atoms with Crippen LogP contribution in [-0.4, -0.2) is 33.6 Å². The van der Waals surface area contributed by atoms with Gasteiger partial charge < -0.3 is 10.4 Å². The number of hydrogen-bond donors (Lipinski definition) is 3. The number of nitrogens with one attached hydrogen (secondary N) is 2. The molecule has 1 saturated carbocycles. The SMILES string of the molecule is CC(C)n1nccc1NC(=O)NCC1(C)CCCCC1O. The minimum Gasteiger partial charge on any atom is -0.392 e. The fourth-order valence-corrected chi connectivity index (χ4v) is 2.86. The van der Waals surface area contributed by atoms with Crippen LogP contribution < -0.4 is 10.6 Å². The molecule has 0 spiro atoms. The second-order valence-corrected chi connectivity index (χ2v) is 6.48. The zero-order valence-corrected chi connectivity index (χ0v) is 13.1. The lowest BCUT2D eigenvalue weighted by Gasteiger charge is -2.38. The van der Waals surface area contributed by atoms with Gasteiger partial charge in [-0.05, 0) is 26.7 Å². The molecule has 118 valence electrons. The number of urea groups is 1. The van der Waals surface area contributed by atoms with Crippen LogP contribution in [0.2, 0.25) is 0 Å². The number of amides is 2. The number of anilines is 1. The van der Waals surface area contributed by atoms with Crippen molar-refractivity contribution in [1.82, 2.24) is 15.1 Å². The minimum absolute atomic E-state index is 0.188. The molecular formula is C15H26N4O2. The number of hydrogen-bond acceptors (Lipinski definition) is 3. The van der Waals surface area contributed by atoms with Crippen molar-refractivity contribution >= 4 is 11.8 Å². The van der Waals surface area contributed by atoms with Crippen molar-refractivity contribution in [2.75, 3.05) is 11.9 Å². The van der Waals surface area contributed by atoms with E-state index in [-0.39, 0.29) is 23.6 Å². The molecule has 21 heavy (non-hydrogen) atoms. The molecule has 0 saturated heterocycles. The van der Waals surface area contributed by atoms with E-state index in [4.69, 9.17) is 0 Å². The van der Waals surface area contributed by atoms with E-state index in [1.165, 1.54) is 0 Å². The zero-order valence-electron chi connectivity index (χ0n) is 13.1. The second kappa shape index (κ2) is 6.47. The molecule has 6 heteroatoms. The Morgan fingerprint density at radius 3 is 3.00 bits per heavy atom. The molecule has 0 radical (unpaired) electrons. The van der Waals surface area contributed by atoms with Gasteiger partial charge in [-0.2, -0.15) is 5.10 Å². The predicted molar refractivity (Wildman–Crippen MR) is 82.2 cm³/mol. The standard InChI is InChI=1S/C15H26N4O2/c1-11(2)19-13(7-9-17-19)18-14(21)16-10-15(3)8-5-4-6-12(15)20/h7,9,11-12,20H,4-6,8,10H2,1-3H3,(H2,16,18,21). The van der Waals surface area contributed by atoms with E-state index in [1.54, 1.807) is 16.9 Å². The normalized spacial score (nSPS) is 25.9. The highest BCUT2D eigenvalue weighted by atomic mass is 16.3. The first-order valence-corrected chi connectivity index (χ1v) is 7.69. The smallest absolute Gasteiger partial charge is 0.320 e. The molecule has 1 aromatic heterocycles. The molecule has 1 aliphatic rings. The third-order valence-corrected chi connectivity index (χ3v) is 4.33. The summed E-state index contributed by atoms with van der Waals surface area (Å²) in [6.45, 7) is 6.54. The van der Waals surface area contributed by atoms with Crippen LogP contribution in [0.1, 0.15) is 52.5 Å². The lowest BCUT2D eigenvalue weighted by Crippen LogP contribution is -2.46. The number of aromatic nitrogens is 2. The van der Waals surface area contributed by atoms with E-state index in [1.807, 2.05) is 20.8 Å². The number of aliphatic hydroxyl groups excluding tert-OH is 1. The third kappa shape index (κ3) is 3.75. The van der Waals surface area contributed by atoms with Gasteiger partial charge in [-0.15, -0.1) is 0 Å². The van der Waals surface area contributed by atoms with Crippen molar-refractivity contribution in [1.29, 1.82) is 0 Å². The average Bonchev–Trinajstić information content (AvgIpc) is 2.88. The van der Waals surface area contributed by atoms with Crippen LogP contribution in [0, 0.1) is 5.41 Å². The van der Waals surface area contributed by atoms with E-state index >= 15 is 0 Å². The Balaban J connectivity index is 1.88. The average molecular weight is 294 g/mol. The van der Waals surface area contributed by atoms with Gasteiger partial charge in [-0.25, -0.2) is 9.48 Å². The van der Waals surface area contributed by atoms with Crippen LogP contribution in [-0.2, 0) is 0 Å². The summed E-state index contributed by atoms with van der Waals surface area (Å²) in [5, 5.41) is 20.0. The highest BCUT2D eigenvalue weighted by Gasteiger charge is 2.35. The topological polar surface area (TPSA) is 79.2 Å². The van der Waals surface area contributed by atoms with Crippen molar-refractivity contribution in [2.24, 2.45) is 5.41 Å². The molecule has 1 aliphatic carbocycles. The maximum atomic E-state index is 12.0. The summed E-state index contributed by atoms with van der Waals surface area (Å²) in [5.41, 5.74) is -0.228. The number of carbonyl (C=O) groups excluding carboxylic acids is 1. The van der Waals surface area contributed by atoms with Gasteiger partial charge in [0.15, 0.2) is 0 Å². The molecule has 0 aliphatic heterocycles. The zero-order chi connectivity index (χ0) is 15.5. The van der Waals surface area contributed by atoms with Crippen molar-refractivity contribution in [3.05, 3.63) is 12.3 Å². The van der Waals surface area contributed by atoms with Gasteiger partial charge in [0.2, 0.25) is 0 Å². The van der Waals surface area contributed by atoms with Crippen molar-refractivity contribution in [3.63, 3.8) is 0 Å². The molecule has 2 rings (SSSR count). The summed E-state index contributed by atoms with van der Waals surface area (Å²) < 4.78 is 1.76. The Morgan fingerprint density at radius 2 is 2.33 bits per heavy atom. The van der Waals surface area contributed by atoms with E-state index in [0.29, 0.717) is 12.4 Å². The molecule has 3 N–H and O–H groups in total. The quantitative estimate of drug-likeness (QED) is 0.798. The molecule has 1 heterocycles. The summed E-state index contributed by atoms with van der Waals surface area (Å²) in [6.07, 6.45) is 5.26. The summed E-state index contributed by atoms with van der Waals surface area (Å²) in [6, 6.07) is 1.71. The number of nitrogens with zero attached hydrogens (tertiary/aromatic N) is 2. The molecule has 0 aromatic carbocycles. The van der Waals surface area contributed by atoms with Crippen LogP contribution in [0.4, 0.5) is 10.6 Å². The molecule has 1 fully saturated rings. The Labute approximate surface area is 125 Å². The summed E-state index contributed by atoms with van der Waals surface area (Å²) in [5.74, 6) is 0.678. The number of aliphatic hydroxyl groups is 1. The Kier molecular flexibility index (Phi) is 4.88. The molecule has 1 aromatic rings. The molecular weight excluding hydrogens is 268 g/mol. The fourth-order valence-electron chi connectivity index (χ4n) is 2.86. The molecule has 2 amide bonds. The molecule has 2 atom stereocenters. The molecule has 0 bridgehead atoms. The van der Waals surface area contributed by atoms with Gasteiger partial charge in [0, 0.05) is 24.1 Å². The number of carbonyl (C=O) groups is 1. The Morgan fingerprint density at radius 1 is 1.57 bits per heavy atom. The van der Waals surface area contributed by atoms with Crippen LogP contribution in [0.25, 0.3) is 0 Å². The van der Waals surface area contributed by atoms with Crippen molar-refractivity contribution < 1.29 is 9.90 Å². The van der Waals surface area contributed by atoms with Gasteiger partial charge in [0.25, 0.3) is 0 Å². The van der Waals surface area contributed by atoms with Gasteiger partial charge in [0.05, 0.1) is 12.3 Å². The minimum atomic E-state index is -0.340. The van der Waals surface area contributed by atoms with Gasteiger partial charge >= 0.3 is 6.03 Å². The largest absolute Gasteiger partial charge is 0.392 e. The lowest BCUT2D eigenvalue weighted by molar-refractivity contribution is 0.00333. The predicted octanol–water partition coefficient (Wildman–Crippen LogP) is 2.53. The number of rotatable bonds is 4. The third-order valence-electron chi connectivity index (χ3n) is 4.33. The maximum absolute atomic E-state index is 12.0. The summed E-state index contributed by atoms with van der Waals surface area (Å²) in [7, 11) is 0. The summed E-state index contributed by atoms with van der Waals surface area (Å²) >= 11 is 0. The highest BCUT2D eigenvalue weighted by molar-refractivity contribution is 5.88. The Hall–Kier alpha value is -1.56. The van der Waals surface area contributed by atoms with E-state index in [2.05, 4.69) is 15.7 Å². The first kappa shape index (κ1) is 15.8. The second-order valence-electron chi connectivity index (χ2n) is 6.48. The van der Waals surface area contributed by atoms with Crippen LogP contribution in [0.15, 0.2) is 12.3 Å². The van der Waals surface area contributed by atoms with E-state index in [9.17, 15) is 9.90 Å². The first-order chi connectivity index (χ1) is 9.92. The van der Waals surface area contributed by atoms with Gasteiger partial charge in [0.1, 0.15) is 5.82 Å². The van der Waals surface area contributed by atoms with Gasteiger partial charge in [-0.3, -0.25) is 5.32 Å². The fraction of sp³-hybridized carbons (Fsp3) is 0.733. The molecule has 6 nitrogen and oxygen atoms in total. The Bertz CT molecular complexity index is 486. The van der Waals surface area contributed by atoms with Crippen LogP contribution in [0.3, 0.4) is 0 Å². The van der Waals surface area contributed by atoms with Crippen molar-refractivity contribution in [2.45, 2.75) is 58.6 Å². The van der Waals surface area contributed by atoms with Crippen molar-refractivity contribution in [3.8, 4) is 0 Å². The highest BCUT2D eigenvalue weighted by Crippen LogP contribution is 2.35. The lowest BCUT2D eigenvalue weighted by atomic mass is 9.73.